The number of nitrogens with one attached hydrogen (secondary N) is 1. The first-order chi connectivity index (χ1) is 8.99. The molecule has 1 amide bonds. The van der Waals surface area contributed by atoms with Crippen LogP contribution in [0.3, 0.4) is 0 Å². The van der Waals surface area contributed by atoms with E-state index in [4.69, 9.17) is 5.73 Å². The average molecular weight is 260 g/mol. The molecule has 2 unspecified atom stereocenters. The lowest BCUT2D eigenvalue weighted by Gasteiger charge is -2.28. The highest BCUT2D eigenvalue weighted by Gasteiger charge is 2.35. The van der Waals surface area contributed by atoms with E-state index in [1.54, 1.807) is 0 Å². The van der Waals surface area contributed by atoms with Gasteiger partial charge in [0, 0.05) is 6.04 Å². The zero-order valence-electron chi connectivity index (χ0n) is 11.9. The molecule has 3 nitrogen and oxygen atoms in total. The molecule has 19 heavy (non-hydrogen) atoms. The SMILES string of the molecule is CC1(C)CCCC1NC(=O)C(N)Cc1ccccc1. The normalized spacial score (nSPS) is 23.0. The molecule has 0 aromatic heterocycles. The quantitative estimate of drug-likeness (QED) is 0.872. The maximum Gasteiger partial charge on any atom is 0.237 e. The third-order valence-electron chi connectivity index (χ3n) is 4.21. The molecule has 1 fully saturated rings. The third-order valence-corrected chi connectivity index (χ3v) is 4.21. The predicted octanol–water partition coefficient (Wildman–Crippen LogP) is 2.25. The van der Waals surface area contributed by atoms with E-state index in [2.05, 4.69) is 19.2 Å². The summed E-state index contributed by atoms with van der Waals surface area (Å²) < 4.78 is 0. The van der Waals surface area contributed by atoms with E-state index in [0.717, 1.165) is 12.0 Å². The number of carbonyl (C=O) groups excluding carboxylic acids is 1. The molecular weight excluding hydrogens is 236 g/mol. The number of rotatable bonds is 4. The Bertz CT molecular complexity index is 428. The summed E-state index contributed by atoms with van der Waals surface area (Å²) in [6.45, 7) is 4.43. The Morgan fingerprint density at radius 2 is 2.11 bits per heavy atom. The predicted molar refractivity (Wildman–Crippen MR) is 77.7 cm³/mol. The van der Waals surface area contributed by atoms with Gasteiger partial charge in [-0.05, 0) is 30.2 Å². The van der Waals surface area contributed by atoms with Gasteiger partial charge in [-0.15, -0.1) is 0 Å². The molecule has 0 saturated heterocycles. The highest BCUT2D eigenvalue weighted by atomic mass is 16.2. The number of amides is 1. The summed E-state index contributed by atoms with van der Waals surface area (Å²) in [7, 11) is 0. The van der Waals surface area contributed by atoms with Crippen molar-refractivity contribution in [1.82, 2.24) is 5.32 Å². The summed E-state index contributed by atoms with van der Waals surface area (Å²) in [6.07, 6.45) is 4.02. The molecule has 1 saturated carbocycles. The van der Waals surface area contributed by atoms with Crippen LogP contribution in [0.25, 0.3) is 0 Å². The summed E-state index contributed by atoms with van der Waals surface area (Å²) in [5.74, 6) is -0.0242. The van der Waals surface area contributed by atoms with Crippen molar-refractivity contribution < 1.29 is 4.79 Å². The van der Waals surface area contributed by atoms with Crippen molar-refractivity contribution in [1.29, 1.82) is 0 Å². The lowest BCUT2D eigenvalue weighted by molar-refractivity contribution is -0.123. The number of hydrogen-bond acceptors (Lipinski definition) is 2. The molecule has 3 N–H and O–H groups in total. The number of benzene rings is 1. The standard InChI is InChI=1S/C16H24N2O/c1-16(2)10-6-9-14(16)18-15(19)13(17)11-12-7-4-3-5-8-12/h3-5,7-8,13-14H,6,9-11,17H2,1-2H3,(H,18,19). The first-order valence-electron chi connectivity index (χ1n) is 7.09. The van der Waals surface area contributed by atoms with Crippen LogP contribution in [0.15, 0.2) is 30.3 Å². The minimum Gasteiger partial charge on any atom is -0.351 e. The first-order valence-corrected chi connectivity index (χ1v) is 7.09. The second kappa shape index (κ2) is 5.74. The Kier molecular flexibility index (Phi) is 4.25. The monoisotopic (exact) mass is 260 g/mol. The smallest absolute Gasteiger partial charge is 0.237 e. The molecule has 1 aromatic carbocycles. The van der Waals surface area contributed by atoms with E-state index in [0.29, 0.717) is 6.42 Å². The summed E-state index contributed by atoms with van der Waals surface area (Å²) in [4.78, 5) is 12.2. The maximum atomic E-state index is 12.2. The number of nitrogens with two attached hydrogens (primary N) is 1. The van der Waals surface area contributed by atoms with Gasteiger partial charge in [0.2, 0.25) is 5.91 Å². The van der Waals surface area contributed by atoms with Crippen molar-refractivity contribution in [3.8, 4) is 0 Å². The third kappa shape index (κ3) is 3.57. The van der Waals surface area contributed by atoms with E-state index >= 15 is 0 Å². The van der Waals surface area contributed by atoms with E-state index in [9.17, 15) is 4.79 Å². The number of carbonyl (C=O) groups is 1. The van der Waals surface area contributed by atoms with Gasteiger partial charge in [-0.2, -0.15) is 0 Å². The highest BCUT2D eigenvalue weighted by molar-refractivity contribution is 5.82. The molecule has 2 atom stereocenters. The average Bonchev–Trinajstić information content (AvgIpc) is 2.70. The molecule has 1 aliphatic carbocycles. The largest absolute Gasteiger partial charge is 0.351 e. The second-order valence-corrected chi connectivity index (χ2v) is 6.24. The van der Waals surface area contributed by atoms with Crippen LogP contribution in [-0.2, 0) is 11.2 Å². The first kappa shape index (κ1) is 14.1. The fourth-order valence-corrected chi connectivity index (χ4v) is 2.83. The zero-order valence-corrected chi connectivity index (χ0v) is 11.9. The van der Waals surface area contributed by atoms with Crippen LogP contribution in [0.5, 0.6) is 0 Å². The molecule has 3 heteroatoms. The van der Waals surface area contributed by atoms with Gasteiger partial charge in [-0.1, -0.05) is 50.6 Å². The second-order valence-electron chi connectivity index (χ2n) is 6.24. The van der Waals surface area contributed by atoms with Crippen molar-refractivity contribution in [2.75, 3.05) is 0 Å². The Labute approximate surface area is 115 Å². The van der Waals surface area contributed by atoms with Gasteiger partial charge in [0.25, 0.3) is 0 Å². The zero-order chi connectivity index (χ0) is 13.9. The van der Waals surface area contributed by atoms with E-state index in [1.807, 2.05) is 30.3 Å². The lowest BCUT2D eigenvalue weighted by atomic mass is 9.87. The molecule has 1 aliphatic rings. The van der Waals surface area contributed by atoms with Gasteiger partial charge in [-0.25, -0.2) is 0 Å². The minimum absolute atomic E-state index is 0.0242. The van der Waals surface area contributed by atoms with E-state index < -0.39 is 6.04 Å². The van der Waals surface area contributed by atoms with Gasteiger partial charge >= 0.3 is 0 Å². The van der Waals surface area contributed by atoms with Gasteiger partial charge in [-0.3, -0.25) is 4.79 Å². The minimum atomic E-state index is -0.459. The van der Waals surface area contributed by atoms with Crippen molar-refractivity contribution >= 4 is 5.91 Å². The van der Waals surface area contributed by atoms with Crippen molar-refractivity contribution in [2.45, 2.75) is 51.6 Å². The molecule has 0 spiro atoms. The highest BCUT2D eigenvalue weighted by Crippen LogP contribution is 2.37. The van der Waals surface area contributed by atoms with Crippen LogP contribution in [0, 0.1) is 5.41 Å². The summed E-state index contributed by atoms with van der Waals surface area (Å²) in [5, 5.41) is 3.13. The molecule has 104 valence electrons. The molecule has 0 aliphatic heterocycles. The molecule has 0 bridgehead atoms. The van der Waals surface area contributed by atoms with Crippen LogP contribution in [-0.4, -0.2) is 18.0 Å². The van der Waals surface area contributed by atoms with E-state index in [-0.39, 0.29) is 17.4 Å². The van der Waals surface area contributed by atoms with Gasteiger partial charge in [0.15, 0.2) is 0 Å². The molecule has 0 heterocycles. The van der Waals surface area contributed by atoms with Gasteiger partial charge in [0.1, 0.15) is 0 Å². The lowest BCUT2D eigenvalue weighted by Crippen LogP contribution is -2.49. The van der Waals surface area contributed by atoms with Crippen LogP contribution in [0.1, 0.15) is 38.7 Å². The van der Waals surface area contributed by atoms with Gasteiger partial charge in [0.05, 0.1) is 6.04 Å². The topological polar surface area (TPSA) is 55.1 Å². The van der Waals surface area contributed by atoms with E-state index in [1.165, 1.54) is 12.8 Å². The summed E-state index contributed by atoms with van der Waals surface area (Å²) in [6, 6.07) is 9.73. The van der Waals surface area contributed by atoms with Crippen LogP contribution >= 0.6 is 0 Å². The number of hydrogen-bond donors (Lipinski definition) is 2. The fraction of sp³-hybridized carbons (Fsp3) is 0.562. The molecule has 2 rings (SSSR count). The van der Waals surface area contributed by atoms with Crippen molar-refractivity contribution in [3.05, 3.63) is 35.9 Å². The van der Waals surface area contributed by atoms with Crippen LogP contribution in [0.2, 0.25) is 0 Å². The molecule has 1 aromatic rings. The summed E-state index contributed by atoms with van der Waals surface area (Å²) >= 11 is 0. The maximum absolute atomic E-state index is 12.2. The fourth-order valence-electron chi connectivity index (χ4n) is 2.83. The van der Waals surface area contributed by atoms with Crippen LogP contribution in [0.4, 0.5) is 0 Å². The van der Waals surface area contributed by atoms with Gasteiger partial charge < -0.3 is 11.1 Å². The molecule has 0 radical (unpaired) electrons. The Hall–Kier alpha value is -1.35. The van der Waals surface area contributed by atoms with Crippen molar-refractivity contribution in [2.24, 2.45) is 11.1 Å². The Morgan fingerprint density at radius 1 is 1.42 bits per heavy atom. The Balaban J connectivity index is 1.89. The van der Waals surface area contributed by atoms with Crippen LogP contribution < -0.4 is 11.1 Å². The summed E-state index contributed by atoms with van der Waals surface area (Å²) in [5.41, 5.74) is 7.31. The van der Waals surface area contributed by atoms with Crippen molar-refractivity contribution in [3.63, 3.8) is 0 Å². The molecular formula is C16H24N2O. The Morgan fingerprint density at radius 3 is 2.68 bits per heavy atom.